The molecule has 1 aromatic carbocycles. The van der Waals surface area contributed by atoms with Gasteiger partial charge in [-0.05, 0) is 18.2 Å². The Hall–Kier alpha value is -1.49. The summed E-state index contributed by atoms with van der Waals surface area (Å²) in [6.45, 7) is 0. The Morgan fingerprint density at radius 1 is 1.33 bits per heavy atom. The second kappa shape index (κ2) is 6.52. The number of nitrogens with zero attached hydrogens (tertiary/aromatic N) is 2. The predicted molar refractivity (Wildman–Crippen MR) is 62.2 cm³/mol. The fourth-order valence-corrected chi connectivity index (χ4v) is 1.68. The van der Waals surface area contributed by atoms with Crippen LogP contribution in [0.2, 0.25) is 5.02 Å². The number of aromatic nitrogens is 2. The van der Waals surface area contributed by atoms with E-state index < -0.39 is 24.1 Å². The molecule has 21 heavy (non-hydrogen) atoms. The van der Waals surface area contributed by atoms with E-state index in [4.69, 9.17) is 21.1 Å². The molecule has 0 saturated carbocycles. The standard InChI is InChI=1S/C11H6ClF3N2O3.Li.H/c12-7-2-5(1-6(3-7)11(13,14)15)10-17-16-8(20-10)4-9(18)19;;/h1-3H,4H2,(H,18,19);;/q;+1;-1. The number of hydrogen-bond acceptors (Lipinski definition) is 4. The molecule has 0 aliphatic carbocycles. The van der Waals surface area contributed by atoms with E-state index in [9.17, 15) is 18.0 Å². The first-order chi connectivity index (χ1) is 9.25. The fourth-order valence-electron chi connectivity index (χ4n) is 1.45. The number of hydrogen-bond donors (Lipinski definition) is 1. The van der Waals surface area contributed by atoms with Crippen LogP contribution in [-0.4, -0.2) is 21.3 Å². The smallest absolute Gasteiger partial charge is 1.00 e. The zero-order chi connectivity index (χ0) is 14.9. The Balaban J connectivity index is 0.00000220. The molecule has 2 aromatic rings. The molecule has 0 unspecified atom stereocenters. The number of aliphatic carboxylic acids is 1. The maximum atomic E-state index is 12.6. The van der Waals surface area contributed by atoms with E-state index in [1.165, 1.54) is 6.07 Å². The van der Waals surface area contributed by atoms with Crippen molar-refractivity contribution in [1.82, 2.24) is 10.2 Å². The Kier molecular flexibility index (Phi) is 5.45. The summed E-state index contributed by atoms with van der Waals surface area (Å²) >= 11 is 5.61. The van der Waals surface area contributed by atoms with Gasteiger partial charge >= 0.3 is 31.0 Å². The van der Waals surface area contributed by atoms with Gasteiger partial charge in [0.1, 0.15) is 6.42 Å². The van der Waals surface area contributed by atoms with Gasteiger partial charge in [0.25, 0.3) is 0 Å². The van der Waals surface area contributed by atoms with E-state index in [2.05, 4.69) is 10.2 Å². The molecule has 0 aliphatic rings. The van der Waals surface area contributed by atoms with Crippen LogP contribution in [0.4, 0.5) is 13.2 Å². The largest absolute Gasteiger partial charge is 1.00 e. The molecule has 0 bridgehead atoms. The van der Waals surface area contributed by atoms with Crippen molar-refractivity contribution in [3.63, 3.8) is 0 Å². The van der Waals surface area contributed by atoms with Gasteiger partial charge in [-0.3, -0.25) is 4.79 Å². The van der Waals surface area contributed by atoms with Gasteiger partial charge in [-0.1, -0.05) is 11.6 Å². The average Bonchev–Trinajstić information content (AvgIpc) is 2.74. The molecular weight excluding hydrogens is 308 g/mol. The molecule has 10 heteroatoms. The Labute approximate surface area is 134 Å². The normalized spacial score (nSPS) is 11.0. The molecule has 1 aromatic heterocycles. The average molecular weight is 315 g/mol. The summed E-state index contributed by atoms with van der Waals surface area (Å²) in [5, 5.41) is 15.3. The molecule has 1 heterocycles. The SMILES string of the molecule is O=C(O)Cc1nnc(-c2cc(Cl)cc(C(F)(F)F)c2)o1.[H-].[Li+]. The van der Waals surface area contributed by atoms with Crippen molar-refractivity contribution in [3.05, 3.63) is 34.7 Å². The maximum absolute atomic E-state index is 12.6. The van der Waals surface area contributed by atoms with E-state index >= 15 is 0 Å². The Morgan fingerprint density at radius 3 is 2.57 bits per heavy atom. The molecule has 2 rings (SSSR count). The van der Waals surface area contributed by atoms with Gasteiger partial charge in [-0.15, -0.1) is 10.2 Å². The summed E-state index contributed by atoms with van der Waals surface area (Å²) in [5.41, 5.74) is -0.994. The molecule has 0 fully saturated rings. The molecule has 0 amide bonds. The van der Waals surface area contributed by atoms with Crippen LogP contribution >= 0.6 is 11.6 Å². The van der Waals surface area contributed by atoms with E-state index in [0.717, 1.165) is 12.1 Å². The summed E-state index contributed by atoms with van der Waals surface area (Å²) in [4.78, 5) is 10.5. The van der Waals surface area contributed by atoms with Gasteiger partial charge < -0.3 is 11.0 Å². The minimum atomic E-state index is -4.57. The third kappa shape index (κ3) is 4.49. The molecule has 0 saturated heterocycles. The number of rotatable bonds is 3. The van der Waals surface area contributed by atoms with Crippen molar-refractivity contribution in [2.45, 2.75) is 12.6 Å². The van der Waals surface area contributed by atoms with Crippen molar-refractivity contribution in [2.75, 3.05) is 0 Å². The number of benzene rings is 1. The first-order valence-electron chi connectivity index (χ1n) is 5.18. The fraction of sp³-hybridized carbons (Fsp3) is 0.182. The Bertz CT molecular complexity index is 666. The summed E-state index contributed by atoms with van der Waals surface area (Å²) in [6.07, 6.45) is -5.08. The third-order valence-electron chi connectivity index (χ3n) is 2.24. The van der Waals surface area contributed by atoms with Gasteiger partial charge in [0.15, 0.2) is 0 Å². The quantitative estimate of drug-likeness (QED) is 0.816. The van der Waals surface area contributed by atoms with Crippen LogP contribution in [0.25, 0.3) is 11.5 Å². The monoisotopic (exact) mass is 314 g/mol. The Morgan fingerprint density at radius 2 is 2.00 bits per heavy atom. The summed E-state index contributed by atoms with van der Waals surface area (Å²) in [5.74, 6) is -1.63. The van der Waals surface area contributed by atoms with Crippen molar-refractivity contribution in [2.24, 2.45) is 0 Å². The van der Waals surface area contributed by atoms with Crippen LogP contribution in [0.3, 0.4) is 0 Å². The van der Waals surface area contributed by atoms with Crippen LogP contribution in [0.1, 0.15) is 12.9 Å². The van der Waals surface area contributed by atoms with Gasteiger partial charge in [0.2, 0.25) is 11.8 Å². The van der Waals surface area contributed by atoms with E-state index in [1.807, 2.05) is 0 Å². The van der Waals surface area contributed by atoms with Gasteiger partial charge in [0, 0.05) is 10.6 Å². The van der Waals surface area contributed by atoms with Crippen LogP contribution in [0.15, 0.2) is 22.6 Å². The number of alkyl halides is 3. The van der Waals surface area contributed by atoms with Crippen LogP contribution < -0.4 is 18.9 Å². The van der Waals surface area contributed by atoms with E-state index in [0.29, 0.717) is 0 Å². The zero-order valence-corrected chi connectivity index (χ0v) is 11.4. The number of halogens is 4. The minimum Gasteiger partial charge on any atom is -1.00 e. The maximum Gasteiger partial charge on any atom is 1.00 e. The zero-order valence-electron chi connectivity index (χ0n) is 11.6. The van der Waals surface area contributed by atoms with Gasteiger partial charge in [-0.2, -0.15) is 13.2 Å². The molecule has 5 nitrogen and oxygen atoms in total. The second-order valence-corrected chi connectivity index (χ2v) is 4.23. The third-order valence-corrected chi connectivity index (χ3v) is 2.46. The molecule has 0 atom stereocenters. The van der Waals surface area contributed by atoms with Crippen LogP contribution in [0, 0.1) is 0 Å². The number of carboxylic acids is 1. The predicted octanol–water partition coefficient (Wildman–Crippen LogP) is 0.152. The summed E-state index contributed by atoms with van der Waals surface area (Å²) < 4.78 is 42.9. The van der Waals surface area contributed by atoms with Crippen molar-refractivity contribution >= 4 is 17.6 Å². The van der Waals surface area contributed by atoms with E-state index in [-0.39, 0.29) is 42.7 Å². The molecular formula is C11H7ClF3LiN2O3. The number of carbonyl (C=O) groups is 1. The first-order valence-corrected chi connectivity index (χ1v) is 5.56. The summed E-state index contributed by atoms with van der Waals surface area (Å²) in [6, 6.07) is 2.78. The van der Waals surface area contributed by atoms with Gasteiger partial charge in [0.05, 0.1) is 5.56 Å². The minimum absolute atomic E-state index is 0. The van der Waals surface area contributed by atoms with Crippen LogP contribution in [-0.2, 0) is 17.4 Å². The molecule has 0 radical (unpaired) electrons. The van der Waals surface area contributed by atoms with Crippen LogP contribution in [0.5, 0.6) is 0 Å². The molecule has 1 N–H and O–H groups in total. The molecule has 0 aliphatic heterocycles. The molecule has 0 spiro atoms. The number of carboxylic acid groups (broad SMARTS) is 1. The van der Waals surface area contributed by atoms with Crippen molar-refractivity contribution in [3.8, 4) is 11.5 Å². The topological polar surface area (TPSA) is 76.2 Å². The van der Waals surface area contributed by atoms with Crippen molar-refractivity contribution < 1.29 is 47.8 Å². The summed E-state index contributed by atoms with van der Waals surface area (Å²) in [7, 11) is 0. The van der Waals surface area contributed by atoms with Crippen molar-refractivity contribution in [1.29, 1.82) is 0 Å². The second-order valence-electron chi connectivity index (χ2n) is 3.80. The van der Waals surface area contributed by atoms with Gasteiger partial charge in [-0.25, -0.2) is 0 Å². The first kappa shape index (κ1) is 17.6. The van der Waals surface area contributed by atoms with E-state index in [1.54, 1.807) is 0 Å². The molecule has 108 valence electrons.